The summed E-state index contributed by atoms with van der Waals surface area (Å²) < 4.78 is 4.73. The van der Waals surface area contributed by atoms with Gasteiger partial charge >= 0.3 is 6.09 Å². The van der Waals surface area contributed by atoms with Crippen molar-refractivity contribution in [2.75, 3.05) is 47.4 Å². The van der Waals surface area contributed by atoms with Crippen LogP contribution in [0.5, 0.6) is 0 Å². The van der Waals surface area contributed by atoms with Crippen LogP contribution in [0.2, 0.25) is 0 Å². The van der Waals surface area contributed by atoms with E-state index in [0.717, 1.165) is 45.9 Å². The van der Waals surface area contributed by atoms with Crippen LogP contribution in [-0.2, 0) is 27.4 Å². The molecule has 0 unspecified atom stereocenters. The van der Waals surface area contributed by atoms with Crippen molar-refractivity contribution >= 4 is 18.4 Å². The largest absolute Gasteiger partial charge is 0.453 e. The van der Waals surface area contributed by atoms with Gasteiger partial charge in [-0.2, -0.15) is 0 Å². The van der Waals surface area contributed by atoms with Gasteiger partial charge in [-0.1, -0.05) is 55.5 Å². The second-order valence-corrected chi connectivity index (χ2v) is 10.6. The van der Waals surface area contributed by atoms with E-state index in [1.165, 1.54) is 7.11 Å². The first-order valence-electron chi connectivity index (χ1n) is 14.5. The SMILES string of the molecule is CCCN(Cc1ncc(-c2ccc(-c3ccc(-c4cnc(CN(C)CCN(C)C(=O)OC)[nH]4)cc3)cc2)[nH]1)C(=O)CNC=O. The molecule has 2 heterocycles. The van der Waals surface area contributed by atoms with Gasteiger partial charge in [-0.25, -0.2) is 14.8 Å². The second kappa shape index (κ2) is 15.5. The molecule has 4 aromatic rings. The first kappa shape index (κ1) is 32.0. The van der Waals surface area contributed by atoms with Gasteiger partial charge in [-0.15, -0.1) is 0 Å². The van der Waals surface area contributed by atoms with Crippen molar-refractivity contribution in [1.82, 2.24) is 40.0 Å². The van der Waals surface area contributed by atoms with Gasteiger partial charge in [0.2, 0.25) is 12.3 Å². The molecular weight excluding hydrogens is 560 g/mol. The number of carbonyl (C=O) groups is 3. The Hall–Kier alpha value is -4.97. The number of benzene rings is 2. The predicted molar refractivity (Wildman–Crippen MR) is 168 cm³/mol. The Labute approximate surface area is 257 Å². The third-order valence-electron chi connectivity index (χ3n) is 7.23. The van der Waals surface area contributed by atoms with E-state index in [4.69, 9.17) is 4.74 Å². The molecule has 12 heteroatoms. The molecule has 0 atom stereocenters. The fourth-order valence-corrected chi connectivity index (χ4v) is 4.75. The van der Waals surface area contributed by atoms with Gasteiger partial charge in [0.25, 0.3) is 0 Å². The topological polar surface area (TPSA) is 140 Å². The number of aromatic nitrogens is 4. The fraction of sp³-hybridized carbons (Fsp3) is 0.344. The van der Waals surface area contributed by atoms with Gasteiger partial charge in [-0.05, 0) is 35.7 Å². The number of carbonyl (C=O) groups excluding carboxylic acids is 3. The molecule has 0 fully saturated rings. The number of ether oxygens (including phenoxy) is 1. The molecule has 0 aliphatic heterocycles. The Balaban J connectivity index is 1.34. The summed E-state index contributed by atoms with van der Waals surface area (Å²) in [6.07, 6.45) is 4.60. The lowest BCUT2D eigenvalue weighted by molar-refractivity contribution is -0.132. The minimum atomic E-state index is -0.350. The molecule has 0 aliphatic rings. The molecule has 0 aliphatic carbocycles. The van der Waals surface area contributed by atoms with Crippen molar-refractivity contribution < 1.29 is 19.1 Å². The van der Waals surface area contributed by atoms with Crippen LogP contribution in [0.25, 0.3) is 33.6 Å². The van der Waals surface area contributed by atoms with Gasteiger partial charge in [0.1, 0.15) is 11.6 Å². The standard InChI is InChI=1S/C32H40N8O4/c1-5-14-40(31(42)19-33-22-41)21-30-35-18-28(37-30)26-12-8-24(9-13-26)23-6-10-25(11-7-23)27-17-34-29(36-27)20-38(2)15-16-39(3)32(43)44-4/h6-13,17-18,22H,5,14-16,19-21H2,1-4H3,(H,33,41)(H,34,36)(H,35,37). The number of nitrogens with zero attached hydrogens (tertiary/aromatic N) is 5. The maximum atomic E-state index is 12.4. The Morgan fingerprint density at radius 3 is 1.84 bits per heavy atom. The molecule has 0 spiro atoms. The van der Waals surface area contributed by atoms with Crippen molar-refractivity contribution in [3.8, 4) is 33.6 Å². The second-order valence-electron chi connectivity index (χ2n) is 10.6. The molecule has 0 saturated carbocycles. The Morgan fingerprint density at radius 2 is 1.34 bits per heavy atom. The van der Waals surface area contributed by atoms with E-state index >= 15 is 0 Å². The lowest BCUT2D eigenvalue weighted by Crippen LogP contribution is -2.38. The normalized spacial score (nSPS) is 10.9. The van der Waals surface area contributed by atoms with Crippen LogP contribution in [-0.4, -0.2) is 100 Å². The minimum Gasteiger partial charge on any atom is -0.453 e. The first-order chi connectivity index (χ1) is 21.3. The summed E-state index contributed by atoms with van der Waals surface area (Å²) in [4.78, 5) is 55.6. The third kappa shape index (κ3) is 8.54. The number of rotatable bonds is 15. The monoisotopic (exact) mass is 600 g/mol. The van der Waals surface area contributed by atoms with Gasteiger partial charge in [0.15, 0.2) is 0 Å². The number of amides is 3. The summed E-state index contributed by atoms with van der Waals surface area (Å²) >= 11 is 0. The van der Waals surface area contributed by atoms with Crippen LogP contribution in [0.1, 0.15) is 25.0 Å². The van der Waals surface area contributed by atoms with Gasteiger partial charge in [-0.3, -0.25) is 14.5 Å². The first-order valence-corrected chi connectivity index (χ1v) is 14.5. The summed E-state index contributed by atoms with van der Waals surface area (Å²) in [5.41, 5.74) is 6.03. The van der Waals surface area contributed by atoms with Crippen molar-refractivity contribution in [1.29, 1.82) is 0 Å². The lowest BCUT2D eigenvalue weighted by atomic mass is 10.0. The summed E-state index contributed by atoms with van der Waals surface area (Å²) in [7, 11) is 5.08. The maximum Gasteiger partial charge on any atom is 0.409 e. The quantitative estimate of drug-likeness (QED) is 0.177. The van der Waals surface area contributed by atoms with Crippen LogP contribution in [0.4, 0.5) is 4.79 Å². The number of hydrogen-bond donors (Lipinski definition) is 3. The molecule has 2 aromatic heterocycles. The Morgan fingerprint density at radius 1 is 0.818 bits per heavy atom. The van der Waals surface area contributed by atoms with E-state index < -0.39 is 0 Å². The van der Waals surface area contributed by atoms with Crippen LogP contribution in [0.3, 0.4) is 0 Å². The maximum absolute atomic E-state index is 12.4. The molecule has 0 radical (unpaired) electrons. The molecule has 232 valence electrons. The highest BCUT2D eigenvalue weighted by molar-refractivity contribution is 5.80. The van der Waals surface area contributed by atoms with Crippen molar-refractivity contribution in [3.05, 3.63) is 72.6 Å². The number of hydrogen-bond acceptors (Lipinski definition) is 7. The molecule has 2 aromatic carbocycles. The Kier molecular flexibility index (Phi) is 11.2. The average Bonchev–Trinajstić information content (AvgIpc) is 3.72. The predicted octanol–water partition coefficient (Wildman–Crippen LogP) is 3.75. The van der Waals surface area contributed by atoms with E-state index in [2.05, 4.69) is 66.6 Å². The fourth-order valence-electron chi connectivity index (χ4n) is 4.75. The van der Waals surface area contributed by atoms with Gasteiger partial charge < -0.3 is 29.8 Å². The van der Waals surface area contributed by atoms with Crippen molar-refractivity contribution in [2.45, 2.75) is 26.4 Å². The van der Waals surface area contributed by atoms with Gasteiger partial charge in [0.05, 0.1) is 50.5 Å². The molecule has 0 bridgehead atoms. The van der Waals surface area contributed by atoms with E-state index in [0.29, 0.717) is 45.0 Å². The lowest BCUT2D eigenvalue weighted by Gasteiger charge is -2.20. The summed E-state index contributed by atoms with van der Waals surface area (Å²) in [6.45, 7) is 4.79. The molecule has 12 nitrogen and oxygen atoms in total. The highest BCUT2D eigenvalue weighted by Crippen LogP contribution is 2.27. The highest BCUT2D eigenvalue weighted by atomic mass is 16.5. The van der Waals surface area contributed by atoms with E-state index in [1.54, 1.807) is 23.0 Å². The van der Waals surface area contributed by atoms with E-state index in [-0.39, 0.29) is 18.5 Å². The Bertz CT molecular complexity index is 1510. The summed E-state index contributed by atoms with van der Waals surface area (Å²) in [5, 5.41) is 2.43. The summed E-state index contributed by atoms with van der Waals surface area (Å²) in [5.74, 6) is 1.39. The van der Waals surface area contributed by atoms with Crippen LogP contribution >= 0.6 is 0 Å². The van der Waals surface area contributed by atoms with Gasteiger partial charge in [0, 0.05) is 26.7 Å². The summed E-state index contributed by atoms with van der Waals surface area (Å²) in [6, 6.07) is 16.6. The zero-order chi connectivity index (χ0) is 31.5. The van der Waals surface area contributed by atoms with E-state index in [9.17, 15) is 14.4 Å². The molecule has 0 saturated heterocycles. The molecule has 4 rings (SSSR count). The molecule has 3 N–H and O–H groups in total. The minimum absolute atomic E-state index is 0.0287. The number of nitrogens with one attached hydrogen (secondary N) is 3. The average molecular weight is 601 g/mol. The smallest absolute Gasteiger partial charge is 0.409 e. The van der Waals surface area contributed by atoms with Crippen LogP contribution in [0.15, 0.2) is 60.9 Å². The zero-order valence-corrected chi connectivity index (χ0v) is 25.7. The number of imidazole rings is 2. The molecular formula is C32H40N8O4. The van der Waals surface area contributed by atoms with Crippen LogP contribution < -0.4 is 5.32 Å². The van der Waals surface area contributed by atoms with Crippen LogP contribution in [0, 0.1) is 0 Å². The molecule has 44 heavy (non-hydrogen) atoms. The van der Waals surface area contributed by atoms with E-state index in [1.807, 2.05) is 32.3 Å². The van der Waals surface area contributed by atoms with Crippen molar-refractivity contribution in [3.63, 3.8) is 0 Å². The molecule has 3 amide bonds. The third-order valence-corrected chi connectivity index (χ3v) is 7.23. The number of aromatic amines is 2. The number of methoxy groups -OCH3 is 1. The highest BCUT2D eigenvalue weighted by Gasteiger charge is 2.15. The number of likely N-dealkylation sites (N-methyl/N-ethyl adjacent to an activating group) is 2. The number of H-pyrrole nitrogens is 2. The zero-order valence-electron chi connectivity index (χ0n) is 25.7. The van der Waals surface area contributed by atoms with Crippen molar-refractivity contribution in [2.24, 2.45) is 0 Å².